The molecule has 1 aromatic heterocycles. The quantitative estimate of drug-likeness (QED) is 0.811. The van der Waals surface area contributed by atoms with E-state index < -0.39 is 0 Å². The summed E-state index contributed by atoms with van der Waals surface area (Å²) in [7, 11) is 0. The van der Waals surface area contributed by atoms with E-state index in [2.05, 4.69) is 4.90 Å². The van der Waals surface area contributed by atoms with Gasteiger partial charge in [-0.25, -0.2) is 4.98 Å². The van der Waals surface area contributed by atoms with Crippen LogP contribution in [0.3, 0.4) is 0 Å². The van der Waals surface area contributed by atoms with E-state index in [0.29, 0.717) is 0 Å². The fourth-order valence-electron chi connectivity index (χ4n) is 3.61. The molecule has 1 fully saturated rings. The zero-order valence-electron chi connectivity index (χ0n) is 15.2. The molecule has 1 aromatic carbocycles. The van der Waals surface area contributed by atoms with E-state index in [4.69, 9.17) is 9.72 Å². The molecule has 1 saturated heterocycles. The highest BCUT2D eigenvalue weighted by Crippen LogP contribution is 2.28. The van der Waals surface area contributed by atoms with Crippen LogP contribution in [0, 0.1) is 6.92 Å². The second kappa shape index (κ2) is 7.76. The van der Waals surface area contributed by atoms with Crippen molar-refractivity contribution in [3.05, 3.63) is 45.4 Å². The Balaban J connectivity index is 1.24. The van der Waals surface area contributed by atoms with Gasteiger partial charge in [-0.2, -0.15) is 0 Å². The summed E-state index contributed by atoms with van der Waals surface area (Å²) in [5, 5.41) is 1.23. The molecule has 0 bridgehead atoms. The lowest BCUT2D eigenvalue weighted by molar-refractivity contribution is -0.135. The number of para-hydroxylation sites is 1. The number of benzene rings is 1. The number of thiazole rings is 1. The van der Waals surface area contributed by atoms with Gasteiger partial charge in [-0.05, 0) is 37.8 Å². The molecule has 0 atom stereocenters. The zero-order valence-corrected chi connectivity index (χ0v) is 16.1. The lowest BCUT2D eigenvalue weighted by Gasteiger charge is -2.34. The van der Waals surface area contributed by atoms with Crippen molar-refractivity contribution in [1.82, 2.24) is 14.8 Å². The Hall–Kier alpha value is -1.92. The third-order valence-corrected chi connectivity index (χ3v) is 6.31. The molecule has 2 aromatic rings. The van der Waals surface area contributed by atoms with Crippen LogP contribution in [0.2, 0.25) is 0 Å². The molecule has 138 valence electrons. The first-order chi connectivity index (χ1) is 12.7. The van der Waals surface area contributed by atoms with Gasteiger partial charge in [0.05, 0.1) is 12.2 Å². The van der Waals surface area contributed by atoms with Crippen LogP contribution in [0.25, 0.3) is 0 Å². The predicted octanol–water partition coefficient (Wildman–Crippen LogP) is 2.66. The number of aromatic nitrogens is 1. The molecule has 0 spiro atoms. The molecule has 4 rings (SSSR count). The van der Waals surface area contributed by atoms with Gasteiger partial charge in [0.15, 0.2) is 6.61 Å². The minimum absolute atomic E-state index is 0.0705. The molecule has 1 aliphatic carbocycles. The van der Waals surface area contributed by atoms with Gasteiger partial charge in [-0.1, -0.05) is 18.2 Å². The monoisotopic (exact) mass is 371 g/mol. The number of ether oxygens (including phenoxy) is 1. The summed E-state index contributed by atoms with van der Waals surface area (Å²) in [5.41, 5.74) is 2.38. The SMILES string of the molecule is Cc1ccccc1OCC(=O)N1CCN(Cc2nc3c(s2)CCC3)CC1. The Morgan fingerprint density at radius 3 is 2.77 bits per heavy atom. The third-order valence-electron chi connectivity index (χ3n) is 5.17. The number of carbonyl (C=O) groups excluding carboxylic acids is 1. The fraction of sp³-hybridized carbons (Fsp3) is 0.500. The van der Waals surface area contributed by atoms with E-state index in [0.717, 1.165) is 50.5 Å². The highest BCUT2D eigenvalue weighted by atomic mass is 32.1. The van der Waals surface area contributed by atoms with Crippen LogP contribution in [0.15, 0.2) is 24.3 Å². The van der Waals surface area contributed by atoms with Gasteiger partial charge in [0.2, 0.25) is 0 Å². The van der Waals surface area contributed by atoms with Crippen molar-refractivity contribution < 1.29 is 9.53 Å². The van der Waals surface area contributed by atoms with E-state index in [1.807, 2.05) is 47.4 Å². The van der Waals surface area contributed by atoms with Crippen LogP contribution < -0.4 is 4.74 Å². The van der Waals surface area contributed by atoms with Crippen molar-refractivity contribution in [2.24, 2.45) is 0 Å². The summed E-state index contributed by atoms with van der Waals surface area (Å²) >= 11 is 1.88. The first-order valence-corrected chi connectivity index (χ1v) is 10.2. The maximum atomic E-state index is 12.4. The Bertz CT molecular complexity index is 760. The minimum atomic E-state index is 0.0705. The normalized spacial score (nSPS) is 17.3. The van der Waals surface area contributed by atoms with Crippen molar-refractivity contribution in [3.8, 4) is 5.75 Å². The highest BCUT2D eigenvalue weighted by molar-refractivity contribution is 7.11. The maximum absolute atomic E-state index is 12.4. The number of aryl methyl sites for hydroxylation is 3. The summed E-state index contributed by atoms with van der Waals surface area (Å²) in [6.45, 7) is 6.36. The number of hydrogen-bond acceptors (Lipinski definition) is 5. The van der Waals surface area contributed by atoms with Crippen LogP contribution in [-0.4, -0.2) is 53.5 Å². The van der Waals surface area contributed by atoms with Gasteiger partial charge >= 0.3 is 0 Å². The van der Waals surface area contributed by atoms with Gasteiger partial charge < -0.3 is 9.64 Å². The van der Waals surface area contributed by atoms with Crippen LogP contribution in [-0.2, 0) is 24.2 Å². The van der Waals surface area contributed by atoms with Gasteiger partial charge in [0, 0.05) is 31.1 Å². The summed E-state index contributed by atoms with van der Waals surface area (Å²) < 4.78 is 5.70. The summed E-state index contributed by atoms with van der Waals surface area (Å²) in [5.74, 6) is 0.859. The largest absolute Gasteiger partial charge is 0.484 e. The van der Waals surface area contributed by atoms with Crippen LogP contribution in [0.4, 0.5) is 0 Å². The molecular weight excluding hydrogens is 346 g/mol. The van der Waals surface area contributed by atoms with Crippen molar-refractivity contribution in [3.63, 3.8) is 0 Å². The first kappa shape index (κ1) is 17.5. The number of nitrogens with zero attached hydrogens (tertiary/aromatic N) is 3. The molecule has 0 saturated carbocycles. The number of piperazine rings is 1. The number of fused-ring (bicyclic) bond motifs is 1. The predicted molar refractivity (Wildman–Crippen MR) is 103 cm³/mol. The molecule has 0 N–H and O–H groups in total. The lowest BCUT2D eigenvalue weighted by Crippen LogP contribution is -2.49. The average Bonchev–Trinajstić information content (AvgIpc) is 3.23. The Morgan fingerprint density at radius 2 is 2.00 bits per heavy atom. The number of amides is 1. The number of hydrogen-bond donors (Lipinski definition) is 0. The van der Waals surface area contributed by atoms with Crippen molar-refractivity contribution >= 4 is 17.2 Å². The molecule has 2 aliphatic rings. The third kappa shape index (κ3) is 3.91. The number of rotatable bonds is 5. The lowest BCUT2D eigenvalue weighted by atomic mass is 10.2. The molecule has 1 aliphatic heterocycles. The summed E-state index contributed by atoms with van der Waals surface area (Å²) in [6, 6.07) is 7.80. The second-order valence-corrected chi connectivity index (χ2v) is 8.21. The fourth-order valence-corrected chi connectivity index (χ4v) is 4.81. The van der Waals surface area contributed by atoms with E-state index >= 15 is 0 Å². The molecule has 2 heterocycles. The second-order valence-electron chi connectivity index (χ2n) is 7.04. The molecule has 0 unspecified atom stereocenters. The van der Waals surface area contributed by atoms with E-state index in [-0.39, 0.29) is 12.5 Å². The van der Waals surface area contributed by atoms with E-state index in [1.54, 1.807) is 0 Å². The molecular formula is C20H25N3O2S. The van der Waals surface area contributed by atoms with Gasteiger partial charge in [0.25, 0.3) is 5.91 Å². The standard InChI is InChI=1S/C20H25N3O2S/c1-15-5-2-3-7-17(15)25-14-20(24)23-11-9-22(10-12-23)13-19-21-16-6-4-8-18(16)26-19/h2-3,5,7H,4,6,8-14H2,1H3. The highest BCUT2D eigenvalue weighted by Gasteiger charge is 2.23. The Morgan fingerprint density at radius 1 is 1.19 bits per heavy atom. The van der Waals surface area contributed by atoms with Crippen LogP contribution >= 0.6 is 11.3 Å². The van der Waals surface area contributed by atoms with Crippen LogP contribution in [0.5, 0.6) is 5.75 Å². The average molecular weight is 372 g/mol. The maximum Gasteiger partial charge on any atom is 0.260 e. The molecule has 6 heteroatoms. The van der Waals surface area contributed by atoms with Gasteiger partial charge in [0.1, 0.15) is 10.8 Å². The topological polar surface area (TPSA) is 45.7 Å². The summed E-state index contributed by atoms with van der Waals surface area (Å²) in [4.78, 5) is 23.0. The van der Waals surface area contributed by atoms with Gasteiger partial charge in [-0.15, -0.1) is 11.3 Å². The van der Waals surface area contributed by atoms with Gasteiger partial charge in [-0.3, -0.25) is 9.69 Å². The summed E-state index contributed by atoms with van der Waals surface area (Å²) in [6.07, 6.45) is 3.62. The van der Waals surface area contributed by atoms with Crippen molar-refractivity contribution in [2.45, 2.75) is 32.7 Å². The van der Waals surface area contributed by atoms with E-state index in [9.17, 15) is 4.79 Å². The van der Waals surface area contributed by atoms with Crippen molar-refractivity contribution in [2.75, 3.05) is 32.8 Å². The van der Waals surface area contributed by atoms with Crippen LogP contribution in [0.1, 0.15) is 27.6 Å². The molecule has 5 nitrogen and oxygen atoms in total. The number of carbonyl (C=O) groups is 1. The minimum Gasteiger partial charge on any atom is -0.484 e. The first-order valence-electron chi connectivity index (χ1n) is 9.35. The smallest absolute Gasteiger partial charge is 0.260 e. The molecule has 1 amide bonds. The zero-order chi connectivity index (χ0) is 17.9. The Labute approximate surface area is 158 Å². The molecule has 26 heavy (non-hydrogen) atoms. The molecule has 0 radical (unpaired) electrons. The Kier molecular flexibility index (Phi) is 5.22. The van der Waals surface area contributed by atoms with Crippen molar-refractivity contribution in [1.29, 1.82) is 0 Å². The van der Waals surface area contributed by atoms with E-state index in [1.165, 1.54) is 28.4 Å².